The molecule has 6 nitrogen and oxygen atoms in total. The Morgan fingerprint density at radius 3 is 2.55 bits per heavy atom. The second kappa shape index (κ2) is 9.68. The van der Waals surface area contributed by atoms with Crippen molar-refractivity contribution < 1.29 is 14.8 Å². The molecule has 1 heterocycles. The summed E-state index contributed by atoms with van der Waals surface area (Å²) in [4.78, 5) is 22.3. The summed E-state index contributed by atoms with van der Waals surface area (Å²) in [6.07, 6.45) is 3.40. The highest BCUT2D eigenvalue weighted by atomic mass is 79.9. The molecule has 1 aliphatic heterocycles. The predicted octanol–water partition coefficient (Wildman–Crippen LogP) is 4.16. The van der Waals surface area contributed by atoms with E-state index in [1.807, 2.05) is 6.07 Å². The van der Waals surface area contributed by atoms with Crippen LogP contribution < -0.4 is 4.90 Å². The minimum absolute atomic E-state index is 0.202. The molecule has 1 aromatic rings. The van der Waals surface area contributed by atoms with Crippen LogP contribution in [0.15, 0.2) is 21.5 Å². The topological polar surface area (TPSA) is 83.7 Å². The number of carboxylic acid groups (broad SMARTS) is 1. The molecule has 22 heavy (non-hydrogen) atoms. The number of halogens is 1. The molecule has 2 rings (SSSR count). The zero-order chi connectivity index (χ0) is 16.5. The largest absolute Gasteiger partial charge is 0.483 e. The van der Waals surface area contributed by atoms with Crippen LogP contribution in [0.25, 0.3) is 0 Å². The van der Waals surface area contributed by atoms with Gasteiger partial charge in [-0.25, -0.2) is 0 Å². The van der Waals surface area contributed by atoms with Gasteiger partial charge in [-0.3, -0.25) is 14.9 Å². The van der Waals surface area contributed by atoms with Crippen LogP contribution in [-0.4, -0.2) is 35.3 Å². The van der Waals surface area contributed by atoms with Crippen molar-refractivity contribution in [3.05, 3.63) is 26.7 Å². The van der Waals surface area contributed by atoms with Crippen molar-refractivity contribution in [1.82, 2.24) is 0 Å². The number of rotatable bonds is 5. The van der Waals surface area contributed by atoms with E-state index in [1.54, 1.807) is 17.8 Å². The van der Waals surface area contributed by atoms with Crippen LogP contribution in [-0.2, 0) is 4.79 Å². The number of thioether (sulfide) groups is 1. The summed E-state index contributed by atoms with van der Waals surface area (Å²) < 4.78 is 0.821. The first-order valence-electron chi connectivity index (χ1n) is 6.98. The summed E-state index contributed by atoms with van der Waals surface area (Å²) in [5.74, 6) is 0.905. The third-order valence-corrected chi connectivity index (χ3v) is 5.02. The number of nitro benzene ring substituents is 1. The van der Waals surface area contributed by atoms with Crippen molar-refractivity contribution in [3.8, 4) is 0 Å². The summed E-state index contributed by atoms with van der Waals surface area (Å²) >= 11 is 5.04. The first kappa shape index (κ1) is 18.8. The number of benzene rings is 1. The van der Waals surface area contributed by atoms with Gasteiger partial charge in [-0.15, -0.1) is 11.8 Å². The summed E-state index contributed by atoms with van der Waals surface area (Å²) in [6, 6.07) is 3.61. The molecule has 0 radical (unpaired) electrons. The Hall–Kier alpha value is -1.28. The number of carbonyl (C=O) groups is 1. The Morgan fingerprint density at radius 2 is 2.05 bits per heavy atom. The van der Waals surface area contributed by atoms with E-state index in [-0.39, 0.29) is 17.1 Å². The van der Waals surface area contributed by atoms with Crippen molar-refractivity contribution in [2.24, 2.45) is 0 Å². The van der Waals surface area contributed by atoms with Gasteiger partial charge in [-0.2, -0.15) is 0 Å². The molecule has 8 heteroatoms. The van der Waals surface area contributed by atoms with Gasteiger partial charge in [0.2, 0.25) is 0 Å². The maximum absolute atomic E-state index is 11.1. The molecule has 0 aromatic heterocycles. The Kier molecular flexibility index (Phi) is 8.26. The van der Waals surface area contributed by atoms with Crippen LogP contribution in [0.4, 0.5) is 11.4 Å². The molecule has 1 aromatic carbocycles. The standard InChI is InChI=1S/C13H17BrN2O2S.CH2O2/c1-2-7-19-13-9-11(15-5-3-4-6-15)10(14)8-12(13)16(17)18;2-1-3/h8-9H,2-7H2,1H3;1H,(H,2,3). The molecule has 122 valence electrons. The molecule has 0 unspecified atom stereocenters. The van der Waals surface area contributed by atoms with Gasteiger partial charge in [0.05, 0.1) is 15.5 Å². The molecule has 1 fully saturated rings. The molecule has 0 bridgehead atoms. The third-order valence-electron chi connectivity index (χ3n) is 3.13. The Balaban J connectivity index is 0.000000745. The lowest BCUT2D eigenvalue weighted by atomic mass is 10.2. The lowest BCUT2D eigenvalue weighted by molar-refractivity contribution is -0.387. The molecule has 0 saturated carbocycles. The van der Waals surface area contributed by atoms with Gasteiger partial charge in [0.25, 0.3) is 12.2 Å². The average molecular weight is 391 g/mol. The maximum atomic E-state index is 11.1. The zero-order valence-electron chi connectivity index (χ0n) is 12.3. The van der Waals surface area contributed by atoms with Gasteiger partial charge in [-0.1, -0.05) is 6.92 Å². The van der Waals surface area contributed by atoms with Gasteiger partial charge in [0.1, 0.15) is 0 Å². The Bertz CT molecular complexity index is 522. The summed E-state index contributed by atoms with van der Waals surface area (Å²) in [5.41, 5.74) is 1.29. The van der Waals surface area contributed by atoms with E-state index in [0.717, 1.165) is 40.3 Å². The van der Waals surface area contributed by atoms with Crippen molar-refractivity contribution in [3.63, 3.8) is 0 Å². The number of hydrogen-bond acceptors (Lipinski definition) is 5. The molecular formula is C14H19BrN2O4S. The zero-order valence-corrected chi connectivity index (χ0v) is 14.7. The second-order valence-electron chi connectivity index (χ2n) is 4.68. The number of nitro groups is 1. The molecule has 0 aliphatic carbocycles. The van der Waals surface area contributed by atoms with Crippen LogP contribution in [0.1, 0.15) is 26.2 Å². The van der Waals surface area contributed by atoms with Crippen molar-refractivity contribution in [2.45, 2.75) is 31.1 Å². The first-order valence-corrected chi connectivity index (χ1v) is 8.76. The Morgan fingerprint density at radius 1 is 1.45 bits per heavy atom. The molecule has 1 saturated heterocycles. The van der Waals surface area contributed by atoms with Crippen LogP contribution in [0.2, 0.25) is 0 Å². The van der Waals surface area contributed by atoms with Crippen molar-refractivity contribution in [2.75, 3.05) is 23.7 Å². The molecular weight excluding hydrogens is 372 g/mol. The van der Waals surface area contributed by atoms with Gasteiger partial charge in [-0.05, 0) is 47.0 Å². The van der Waals surface area contributed by atoms with Crippen molar-refractivity contribution in [1.29, 1.82) is 0 Å². The molecule has 1 N–H and O–H groups in total. The fraction of sp³-hybridized carbons (Fsp3) is 0.500. The predicted molar refractivity (Wildman–Crippen MR) is 92.0 cm³/mol. The average Bonchev–Trinajstić information content (AvgIpc) is 3.00. The SMILES string of the molecule is CCCSc1cc(N2CCCC2)c(Br)cc1[N+](=O)[O-].O=CO. The van der Waals surface area contributed by atoms with Crippen LogP contribution in [0, 0.1) is 10.1 Å². The lowest BCUT2D eigenvalue weighted by Crippen LogP contribution is -2.18. The van der Waals surface area contributed by atoms with E-state index in [2.05, 4.69) is 27.8 Å². The smallest absolute Gasteiger partial charge is 0.290 e. The minimum atomic E-state index is -0.295. The van der Waals surface area contributed by atoms with Gasteiger partial charge in [0.15, 0.2) is 0 Å². The summed E-state index contributed by atoms with van der Waals surface area (Å²) in [5, 5.41) is 18.0. The van der Waals surface area contributed by atoms with E-state index < -0.39 is 0 Å². The quantitative estimate of drug-likeness (QED) is 0.351. The normalized spacial score (nSPS) is 13.5. The number of anilines is 1. The van der Waals surface area contributed by atoms with Crippen LogP contribution in [0.3, 0.4) is 0 Å². The molecule has 1 aliphatic rings. The van der Waals surface area contributed by atoms with E-state index in [4.69, 9.17) is 9.90 Å². The van der Waals surface area contributed by atoms with E-state index in [9.17, 15) is 10.1 Å². The Labute approximate surface area is 142 Å². The molecule has 0 atom stereocenters. The van der Waals surface area contributed by atoms with Gasteiger partial charge in [0, 0.05) is 23.6 Å². The third kappa shape index (κ3) is 5.17. The molecule has 0 spiro atoms. The highest BCUT2D eigenvalue weighted by Crippen LogP contribution is 2.39. The van der Waals surface area contributed by atoms with Crippen LogP contribution in [0.5, 0.6) is 0 Å². The fourth-order valence-electron chi connectivity index (χ4n) is 2.20. The van der Waals surface area contributed by atoms with Gasteiger partial charge >= 0.3 is 0 Å². The minimum Gasteiger partial charge on any atom is -0.483 e. The van der Waals surface area contributed by atoms with E-state index in [1.165, 1.54) is 12.8 Å². The molecule has 0 amide bonds. The monoisotopic (exact) mass is 390 g/mol. The van der Waals surface area contributed by atoms with Crippen LogP contribution >= 0.6 is 27.7 Å². The lowest BCUT2D eigenvalue weighted by Gasteiger charge is -2.20. The number of nitrogens with zero attached hydrogens (tertiary/aromatic N) is 2. The van der Waals surface area contributed by atoms with Gasteiger partial charge < -0.3 is 10.0 Å². The first-order chi connectivity index (χ1) is 10.5. The highest BCUT2D eigenvalue weighted by molar-refractivity contribution is 9.10. The fourth-order valence-corrected chi connectivity index (χ4v) is 3.69. The second-order valence-corrected chi connectivity index (χ2v) is 6.67. The maximum Gasteiger partial charge on any atom is 0.290 e. The highest BCUT2D eigenvalue weighted by Gasteiger charge is 2.21. The van der Waals surface area contributed by atoms with E-state index >= 15 is 0 Å². The number of hydrogen-bond donors (Lipinski definition) is 1. The summed E-state index contributed by atoms with van der Waals surface area (Å²) in [6.45, 7) is 3.90. The van der Waals surface area contributed by atoms with Crippen molar-refractivity contribution >= 4 is 45.5 Å². The summed E-state index contributed by atoms with van der Waals surface area (Å²) in [7, 11) is 0. The van der Waals surface area contributed by atoms with E-state index in [0.29, 0.717) is 0 Å².